The molecule has 94 valence electrons. The zero-order chi connectivity index (χ0) is 13.2. The zero-order valence-corrected chi connectivity index (χ0v) is 10.4. The molecule has 1 aliphatic heterocycles. The molecule has 1 heterocycles. The Balaban J connectivity index is 1.86. The number of halogens is 1. The van der Waals surface area contributed by atoms with Crippen molar-refractivity contribution in [2.24, 2.45) is 0 Å². The van der Waals surface area contributed by atoms with Gasteiger partial charge in [0.1, 0.15) is 5.82 Å². The third-order valence-corrected chi connectivity index (χ3v) is 3.53. The molecule has 3 rings (SSSR count). The molecular formula is C16H13FN2. The summed E-state index contributed by atoms with van der Waals surface area (Å²) in [6.07, 6.45) is 1.01. The van der Waals surface area contributed by atoms with E-state index < -0.39 is 0 Å². The molecule has 0 radical (unpaired) electrons. The van der Waals surface area contributed by atoms with Crippen LogP contribution in [0.5, 0.6) is 0 Å². The number of hydrogen-bond donors (Lipinski definition) is 0. The van der Waals surface area contributed by atoms with Gasteiger partial charge in [0, 0.05) is 24.3 Å². The van der Waals surface area contributed by atoms with Crippen LogP contribution in [0.4, 0.5) is 10.1 Å². The number of nitrogens with zero attached hydrogens (tertiary/aromatic N) is 2. The lowest BCUT2D eigenvalue weighted by Gasteiger charge is -2.19. The van der Waals surface area contributed by atoms with Crippen LogP contribution < -0.4 is 4.90 Å². The second-order valence-electron chi connectivity index (χ2n) is 4.72. The fraction of sp³-hybridized carbons (Fsp3) is 0.188. The van der Waals surface area contributed by atoms with Crippen LogP contribution in [0, 0.1) is 17.1 Å². The van der Waals surface area contributed by atoms with Crippen molar-refractivity contribution in [3.05, 3.63) is 65.0 Å². The summed E-state index contributed by atoms with van der Waals surface area (Å²) in [6, 6.07) is 14.9. The first-order chi connectivity index (χ1) is 9.28. The second kappa shape index (κ2) is 4.74. The number of hydrogen-bond acceptors (Lipinski definition) is 2. The maximum Gasteiger partial charge on any atom is 0.129 e. The molecule has 0 aliphatic carbocycles. The van der Waals surface area contributed by atoms with Crippen LogP contribution in [0.25, 0.3) is 0 Å². The number of anilines is 1. The molecule has 2 aromatic carbocycles. The number of fused-ring (bicyclic) bond motifs is 1. The van der Waals surface area contributed by atoms with Crippen molar-refractivity contribution in [3.8, 4) is 6.07 Å². The van der Waals surface area contributed by atoms with Crippen LogP contribution in [0.3, 0.4) is 0 Å². The minimum Gasteiger partial charge on any atom is -0.367 e. The first kappa shape index (κ1) is 11.7. The fourth-order valence-corrected chi connectivity index (χ4v) is 2.52. The van der Waals surface area contributed by atoms with Gasteiger partial charge in [0.25, 0.3) is 0 Å². The van der Waals surface area contributed by atoms with Gasteiger partial charge in [-0.2, -0.15) is 5.26 Å². The zero-order valence-electron chi connectivity index (χ0n) is 10.4. The Bertz CT molecular complexity index is 658. The summed E-state index contributed by atoms with van der Waals surface area (Å²) in [7, 11) is 0. The van der Waals surface area contributed by atoms with Gasteiger partial charge in [0.05, 0.1) is 11.6 Å². The highest BCUT2D eigenvalue weighted by molar-refractivity contribution is 5.58. The average Bonchev–Trinajstić information content (AvgIpc) is 2.84. The number of benzene rings is 2. The van der Waals surface area contributed by atoms with Gasteiger partial charge < -0.3 is 4.90 Å². The maximum absolute atomic E-state index is 13.9. The van der Waals surface area contributed by atoms with E-state index in [1.165, 1.54) is 17.3 Å². The lowest BCUT2D eigenvalue weighted by molar-refractivity contribution is 0.605. The van der Waals surface area contributed by atoms with Gasteiger partial charge >= 0.3 is 0 Å². The molecule has 2 nitrogen and oxygen atoms in total. The predicted octanol–water partition coefficient (Wildman–Crippen LogP) is 3.26. The van der Waals surface area contributed by atoms with Crippen molar-refractivity contribution < 1.29 is 4.39 Å². The minimum absolute atomic E-state index is 0.302. The van der Waals surface area contributed by atoms with E-state index in [0.29, 0.717) is 17.7 Å². The Morgan fingerprint density at radius 2 is 2.05 bits per heavy atom. The standard InChI is InChI=1S/C16H13FN2/c17-15-9-12(10-18)5-6-14(15)11-19-8-7-13-3-1-2-4-16(13)19/h1-6,9H,7-8,11H2. The molecular weight excluding hydrogens is 239 g/mol. The van der Waals surface area contributed by atoms with Crippen LogP contribution in [0.1, 0.15) is 16.7 Å². The van der Waals surface area contributed by atoms with Crippen LogP contribution in [0.2, 0.25) is 0 Å². The number of para-hydroxylation sites is 1. The largest absolute Gasteiger partial charge is 0.367 e. The average molecular weight is 252 g/mol. The van der Waals surface area contributed by atoms with Crippen molar-refractivity contribution in [1.29, 1.82) is 5.26 Å². The van der Waals surface area contributed by atoms with Gasteiger partial charge in [-0.05, 0) is 30.2 Å². The maximum atomic E-state index is 13.9. The van der Waals surface area contributed by atoms with E-state index in [1.807, 2.05) is 18.2 Å². The smallest absolute Gasteiger partial charge is 0.129 e. The molecule has 0 aromatic heterocycles. The highest BCUT2D eigenvalue weighted by Crippen LogP contribution is 2.29. The third kappa shape index (κ3) is 2.17. The second-order valence-corrected chi connectivity index (χ2v) is 4.72. The van der Waals surface area contributed by atoms with E-state index in [9.17, 15) is 4.39 Å². The van der Waals surface area contributed by atoms with Gasteiger partial charge in [-0.15, -0.1) is 0 Å². The normalized spacial score (nSPS) is 13.2. The van der Waals surface area contributed by atoms with E-state index in [4.69, 9.17) is 5.26 Å². The van der Waals surface area contributed by atoms with E-state index in [1.54, 1.807) is 12.1 Å². The summed E-state index contributed by atoms with van der Waals surface area (Å²) in [5, 5.41) is 8.74. The monoisotopic (exact) mass is 252 g/mol. The Labute approximate surface area is 111 Å². The molecule has 0 unspecified atom stereocenters. The molecule has 0 saturated carbocycles. The molecule has 19 heavy (non-hydrogen) atoms. The number of nitriles is 1. The summed E-state index contributed by atoms with van der Waals surface area (Å²) in [5.74, 6) is -0.302. The van der Waals surface area contributed by atoms with E-state index in [-0.39, 0.29) is 5.82 Å². The highest BCUT2D eigenvalue weighted by atomic mass is 19.1. The van der Waals surface area contributed by atoms with Crippen molar-refractivity contribution >= 4 is 5.69 Å². The third-order valence-electron chi connectivity index (χ3n) is 3.53. The molecule has 0 atom stereocenters. The SMILES string of the molecule is N#Cc1ccc(CN2CCc3ccccc32)c(F)c1. The molecule has 2 aromatic rings. The summed E-state index contributed by atoms with van der Waals surface area (Å²) in [6.45, 7) is 1.47. The van der Waals surface area contributed by atoms with Gasteiger partial charge in [0.2, 0.25) is 0 Å². The van der Waals surface area contributed by atoms with Crippen LogP contribution in [-0.2, 0) is 13.0 Å². The fourth-order valence-electron chi connectivity index (χ4n) is 2.52. The van der Waals surface area contributed by atoms with Crippen molar-refractivity contribution in [2.75, 3.05) is 11.4 Å². The van der Waals surface area contributed by atoms with Gasteiger partial charge in [-0.25, -0.2) is 4.39 Å². The molecule has 0 N–H and O–H groups in total. The summed E-state index contributed by atoms with van der Waals surface area (Å²) in [4.78, 5) is 2.18. The summed E-state index contributed by atoms with van der Waals surface area (Å²) < 4.78 is 13.9. The Kier molecular flexibility index (Phi) is 2.92. The van der Waals surface area contributed by atoms with Gasteiger partial charge in [-0.1, -0.05) is 24.3 Å². The first-order valence-electron chi connectivity index (χ1n) is 6.29. The Morgan fingerprint density at radius 1 is 1.21 bits per heavy atom. The first-order valence-corrected chi connectivity index (χ1v) is 6.29. The molecule has 1 aliphatic rings. The quantitative estimate of drug-likeness (QED) is 0.820. The lowest BCUT2D eigenvalue weighted by Crippen LogP contribution is -2.20. The van der Waals surface area contributed by atoms with Crippen molar-refractivity contribution in [1.82, 2.24) is 0 Å². The van der Waals surface area contributed by atoms with Crippen LogP contribution >= 0.6 is 0 Å². The Hall–Kier alpha value is -2.34. The minimum atomic E-state index is -0.302. The van der Waals surface area contributed by atoms with Crippen LogP contribution in [0.15, 0.2) is 42.5 Å². The topological polar surface area (TPSA) is 27.0 Å². The molecule has 0 saturated heterocycles. The molecule has 0 spiro atoms. The molecule has 0 bridgehead atoms. The molecule has 0 fully saturated rings. The Morgan fingerprint density at radius 3 is 2.84 bits per heavy atom. The molecule has 0 amide bonds. The predicted molar refractivity (Wildman–Crippen MR) is 72.3 cm³/mol. The molecule has 3 heteroatoms. The highest BCUT2D eigenvalue weighted by Gasteiger charge is 2.19. The summed E-state index contributed by atoms with van der Waals surface area (Å²) >= 11 is 0. The van der Waals surface area contributed by atoms with Gasteiger partial charge in [-0.3, -0.25) is 0 Å². The van der Waals surface area contributed by atoms with E-state index >= 15 is 0 Å². The van der Waals surface area contributed by atoms with Gasteiger partial charge in [0.15, 0.2) is 0 Å². The van der Waals surface area contributed by atoms with Crippen molar-refractivity contribution in [2.45, 2.75) is 13.0 Å². The lowest BCUT2D eigenvalue weighted by atomic mass is 10.1. The van der Waals surface area contributed by atoms with E-state index in [2.05, 4.69) is 17.0 Å². The van der Waals surface area contributed by atoms with E-state index in [0.717, 1.165) is 13.0 Å². The van der Waals surface area contributed by atoms with Crippen LogP contribution in [-0.4, -0.2) is 6.54 Å². The van der Waals surface area contributed by atoms with Crippen molar-refractivity contribution in [3.63, 3.8) is 0 Å². The summed E-state index contributed by atoms with van der Waals surface area (Å²) in [5.41, 5.74) is 3.50. The number of rotatable bonds is 2.